The molecule has 0 radical (unpaired) electrons. The Morgan fingerprint density at radius 2 is 1.78 bits per heavy atom. The molecular weight excluding hydrogens is 474 g/mol. The van der Waals surface area contributed by atoms with E-state index >= 15 is 0 Å². The largest absolute Gasteiger partial charge is 0.497 e. The number of rotatable bonds is 8. The van der Waals surface area contributed by atoms with Crippen LogP contribution in [0.4, 0.5) is 0 Å². The van der Waals surface area contributed by atoms with Crippen molar-refractivity contribution in [1.29, 1.82) is 0 Å². The lowest BCUT2D eigenvalue weighted by molar-refractivity contribution is -0.140. The number of Topliss-reactive ketones (excluding diaryl/α,β-unsaturated/α-hetero) is 2. The zero-order valence-corrected chi connectivity index (χ0v) is 19.1. The summed E-state index contributed by atoms with van der Waals surface area (Å²) < 4.78 is 7.98. The monoisotopic (exact) mass is 495 g/mol. The average molecular weight is 496 g/mol. The van der Waals surface area contributed by atoms with Crippen molar-refractivity contribution in [3.05, 3.63) is 82.9 Å². The third-order valence-corrected chi connectivity index (χ3v) is 6.18. The lowest BCUT2D eigenvalue weighted by Gasteiger charge is -2.27. The molecule has 1 aliphatic rings. The van der Waals surface area contributed by atoms with E-state index in [4.69, 9.17) is 4.74 Å². The van der Waals surface area contributed by atoms with Gasteiger partial charge in [0, 0.05) is 35.5 Å². The molecule has 0 saturated carbocycles. The van der Waals surface area contributed by atoms with Gasteiger partial charge in [-0.25, -0.2) is 4.98 Å². The fraction of sp³-hybridized carbons (Fsp3) is 0.250. The van der Waals surface area contributed by atoms with Crippen LogP contribution in [0.15, 0.2) is 71.7 Å². The van der Waals surface area contributed by atoms with Gasteiger partial charge in [0.2, 0.25) is 5.78 Å². The molecule has 2 unspecified atom stereocenters. The summed E-state index contributed by atoms with van der Waals surface area (Å²) in [5.41, 5.74) is 1.13. The number of aryl methyl sites for hydroxylation is 1. The van der Waals surface area contributed by atoms with E-state index in [1.807, 2.05) is 10.8 Å². The zero-order chi connectivity index (χ0) is 22.7. The standard InChI is InChI=1S/C24H22BrN3O4/c1-32-19-9-5-16(6-10-19)21-20(22(29)17-3-7-18(25)8-4-17)23(30)24(31)28(21)13-2-12-27-14-11-26-15-27/h3-11,14-15,20-21H,2,12-13H2,1H3. The van der Waals surface area contributed by atoms with Crippen LogP contribution in [0.25, 0.3) is 0 Å². The second kappa shape index (κ2) is 9.48. The normalized spacial score (nSPS) is 18.2. The number of aromatic nitrogens is 2. The summed E-state index contributed by atoms with van der Waals surface area (Å²) >= 11 is 3.36. The van der Waals surface area contributed by atoms with Crippen molar-refractivity contribution in [3.8, 4) is 5.75 Å². The van der Waals surface area contributed by atoms with Crippen LogP contribution in [0.3, 0.4) is 0 Å². The molecule has 2 aromatic carbocycles. The third kappa shape index (κ3) is 4.36. The van der Waals surface area contributed by atoms with Crippen molar-refractivity contribution in [3.63, 3.8) is 0 Å². The van der Waals surface area contributed by atoms with Gasteiger partial charge >= 0.3 is 0 Å². The molecule has 32 heavy (non-hydrogen) atoms. The van der Waals surface area contributed by atoms with Gasteiger partial charge in [0.15, 0.2) is 5.78 Å². The molecular formula is C24H22BrN3O4. The van der Waals surface area contributed by atoms with Crippen molar-refractivity contribution >= 4 is 33.4 Å². The van der Waals surface area contributed by atoms with Gasteiger partial charge in [-0.3, -0.25) is 14.4 Å². The number of ketones is 2. The number of nitrogens with zero attached hydrogens (tertiary/aromatic N) is 3. The van der Waals surface area contributed by atoms with Gasteiger partial charge in [-0.15, -0.1) is 0 Å². The molecule has 1 saturated heterocycles. The Kier molecular flexibility index (Phi) is 6.50. The van der Waals surface area contributed by atoms with Gasteiger partial charge in [0.25, 0.3) is 5.91 Å². The van der Waals surface area contributed by atoms with E-state index in [1.165, 1.54) is 4.90 Å². The first-order valence-corrected chi connectivity index (χ1v) is 11.0. The summed E-state index contributed by atoms with van der Waals surface area (Å²) in [6.45, 7) is 1.00. The van der Waals surface area contributed by atoms with Crippen LogP contribution in [-0.4, -0.2) is 45.6 Å². The van der Waals surface area contributed by atoms with Crippen LogP contribution in [0.1, 0.15) is 28.4 Å². The van der Waals surface area contributed by atoms with Crippen molar-refractivity contribution in [2.45, 2.75) is 19.0 Å². The lowest BCUT2D eigenvalue weighted by atomic mass is 9.86. The maximum absolute atomic E-state index is 13.4. The van der Waals surface area contributed by atoms with Crippen LogP contribution in [0.5, 0.6) is 5.75 Å². The van der Waals surface area contributed by atoms with Crippen molar-refractivity contribution in [2.75, 3.05) is 13.7 Å². The Hall–Kier alpha value is -3.26. The SMILES string of the molecule is COc1ccc(C2C(C(=O)c3ccc(Br)cc3)C(=O)C(=O)N2CCCn2ccnc2)cc1. The van der Waals surface area contributed by atoms with Gasteiger partial charge in [-0.2, -0.15) is 0 Å². The highest BCUT2D eigenvalue weighted by atomic mass is 79.9. The van der Waals surface area contributed by atoms with Crippen molar-refractivity contribution in [2.24, 2.45) is 5.92 Å². The number of likely N-dealkylation sites (tertiary alicyclic amines) is 1. The minimum absolute atomic E-state index is 0.351. The van der Waals surface area contributed by atoms with E-state index in [0.29, 0.717) is 30.8 Å². The summed E-state index contributed by atoms with van der Waals surface area (Å²) in [6.07, 6.45) is 5.87. The number of benzene rings is 2. The number of amides is 1. The number of hydrogen-bond acceptors (Lipinski definition) is 5. The van der Waals surface area contributed by atoms with E-state index in [-0.39, 0.29) is 5.78 Å². The number of carbonyl (C=O) groups excluding carboxylic acids is 3. The first-order valence-electron chi connectivity index (χ1n) is 10.2. The fourth-order valence-corrected chi connectivity index (χ4v) is 4.30. The van der Waals surface area contributed by atoms with Crippen LogP contribution in [-0.2, 0) is 16.1 Å². The molecule has 1 aromatic heterocycles. The van der Waals surface area contributed by atoms with E-state index in [0.717, 1.165) is 10.0 Å². The second-order valence-electron chi connectivity index (χ2n) is 7.58. The molecule has 0 spiro atoms. The topological polar surface area (TPSA) is 81.5 Å². The summed E-state index contributed by atoms with van der Waals surface area (Å²) in [7, 11) is 1.57. The molecule has 0 bridgehead atoms. The van der Waals surface area contributed by atoms with Crippen LogP contribution in [0.2, 0.25) is 0 Å². The van der Waals surface area contributed by atoms with E-state index in [9.17, 15) is 14.4 Å². The minimum atomic E-state index is -1.09. The van der Waals surface area contributed by atoms with E-state index < -0.39 is 23.7 Å². The number of halogens is 1. The van der Waals surface area contributed by atoms with Crippen molar-refractivity contribution in [1.82, 2.24) is 14.5 Å². The predicted octanol–water partition coefficient (Wildman–Crippen LogP) is 3.70. The molecule has 2 heterocycles. The van der Waals surface area contributed by atoms with Gasteiger partial charge in [-0.1, -0.05) is 40.2 Å². The molecule has 1 aliphatic heterocycles. The van der Waals surface area contributed by atoms with Crippen molar-refractivity contribution < 1.29 is 19.1 Å². The second-order valence-corrected chi connectivity index (χ2v) is 8.50. The molecule has 8 heteroatoms. The first kappa shape index (κ1) is 22.0. The van der Waals surface area contributed by atoms with Gasteiger partial charge in [0.1, 0.15) is 11.7 Å². The Morgan fingerprint density at radius 1 is 1.06 bits per heavy atom. The number of ether oxygens (including phenoxy) is 1. The third-order valence-electron chi connectivity index (χ3n) is 5.65. The highest BCUT2D eigenvalue weighted by Gasteiger charge is 2.51. The Balaban J connectivity index is 1.66. The molecule has 4 rings (SSSR count). The first-order chi connectivity index (χ1) is 15.5. The molecule has 0 aliphatic carbocycles. The zero-order valence-electron chi connectivity index (χ0n) is 17.5. The van der Waals surface area contributed by atoms with E-state index in [2.05, 4.69) is 20.9 Å². The highest BCUT2D eigenvalue weighted by molar-refractivity contribution is 9.10. The van der Waals surface area contributed by atoms with Crippen LogP contribution < -0.4 is 4.74 Å². The average Bonchev–Trinajstić information content (AvgIpc) is 3.41. The lowest BCUT2D eigenvalue weighted by Crippen LogP contribution is -2.32. The summed E-state index contributed by atoms with van der Waals surface area (Å²) in [6, 6.07) is 13.3. The fourth-order valence-electron chi connectivity index (χ4n) is 4.04. The number of carbonyl (C=O) groups is 3. The van der Waals surface area contributed by atoms with Crippen LogP contribution in [0, 0.1) is 5.92 Å². The Labute approximate surface area is 194 Å². The minimum Gasteiger partial charge on any atom is -0.497 e. The van der Waals surface area contributed by atoms with Gasteiger partial charge in [-0.05, 0) is 36.2 Å². The quantitative estimate of drug-likeness (QED) is 0.270. The summed E-state index contributed by atoms with van der Waals surface area (Å²) in [5, 5.41) is 0. The number of imidazole rings is 1. The van der Waals surface area contributed by atoms with Crippen LogP contribution >= 0.6 is 15.9 Å². The maximum atomic E-state index is 13.4. The molecule has 7 nitrogen and oxygen atoms in total. The van der Waals surface area contributed by atoms with Gasteiger partial charge in [0.05, 0.1) is 19.5 Å². The summed E-state index contributed by atoms with van der Waals surface area (Å²) in [5.74, 6) is -2.07. The molecule has 0 N–H and O–H groups in total. The summed E-state index contributed by atoms with van der Waals surface area (Å²) in [4.78, 5) is 44.9. The van der Waals surface area contributed by atoms with E-state index in [1.54, 1.807) is 68.2 Å². The number of methoxy groups -OCH3 is 1. The Morgan fingerprint density at radius 3 is 2.41 bits per heavy atom. The molecule has 1 amide bonds. The predicted molar refractivity (Wildman–Crippen MR) is 121 cm³/mol. The molecule has 164 valence electrons. The molecule has 2 atom stereocenters. The molecule has 1 fully saturated rings. The highest BCUT2D eigenvalue weighted by Crippen LogP contribution is 2.39. The molecule has 3 aromatic rings. The smallest absolute Gasteiger partial charge is 0.291 e. The van der Waals surface area contributed by atoms with Gasteiger partial charge < -0.3 is 14.2 Å². The maximum Gasteiger partial charge on any atom is 0.291 e. The number of hydrogen-bond donors (Lipinski definition) is 0. The Bertz CT molecular complexity index is 1110.